The van der Waals surface area contributed by atoms with Crippen molar-refractivity contribution in [3.05, 3.63) is 113 Å². The molecule has 0 heterocycles. The molecule has 1 aliphatic rings. The zero-order valence-electron chi connectivity index (χ0n) is 18.5. The molecule has 4 aromatic rings. The van der Waals surface area contributed by atoms with Crippen molar-refractivity contribution in [2.75, 3.05) is 7.11 Å². The Morgan fingerprint density at radius 3 is 2.47 bits per heavy atom. The van der Waals surface area contributed by atoms with Crippen LogP contribution in [0.2, 0.25) is 0 Å². The second-order valence-electron chi connectivity index (χ2n) is 8.53. The van der Waals surface area contributed by atoms with Crippen LogP contribution in [0.5, 0.6) is 5.75 Å². The quantitative estimate of drug-likeness (QED) is 0.320. The molecule has 1 N–H and O–H groups in total. The number of fused-ring (bicyclic) bond motifs is 2. The SMILES string of the molecule is Br.COc1ccccc1CNC1CCc2ccccc2C1Cc1ccc2ccccc2c1. The van der Waals surface area contributed by atoms with E-state index in [1.807, 2.05) is 12.1 Å². The lowest BCUT2D eigenvalue weighted by molar-refractivity contribution is 0.373. The minimum absolute atomic E-state index is 0. The number of methoxy groups -OCH3 is 1. The van der Waals surface area contributed by atoms with Gasteiger partial charge in [-0.2, -0.15) is 0 Å². The number of benzene rings is 4. The second kappa shape index (κ2) is 10.3. The van der Waals surface area contributed by atoms with Gasteiger partial charge >= 0.3 is 0 Å². The molecule has 0 fully saturated rings. The summed E-state index contributed by atoms with van der Waals surface area (Å²) in [5, 5.41) is 6.51. The maximum absolute atomic E-state index is 5.56. The highest BCUT2D eigenvalue weighted by Crippen LogP contribution is 2.35. The average Bonchev–Trinajstić information content (AvgIpc) is 2.83. The lowest BCUT2D eigenvalue weighted by Crippen LogP contribution is -2.39. The summed E-state index contributed by atoms with van der Waals surface area (Å²) in [4.78, 5) is 0. The first-order valence-electron chi connectivity index (χ1n) is 11.2. The van der Waals surface area contributed by atoms with E-state index >= 15 is 0 Å². The molecule has 2 atom stereocenters. The summed E-state index contributed by atoms with van der Waals surface area (Å²) in [5.74, 6) is 1.41. The van der Waals surface area contributed by atoms with Crippen LogP contribution in [0.3, 0.4) is 0 Å². The molecule has 1 aliphatic carbocycles. The number of halogens is 1. The topological polar surface area (TPSA) is 21.3 Å². The highest BCUT2D eigenvalue weighted by Gasteiger charge is 2.29. The van der Waals surface area contributed by atoms with Gasteiger partial charge in [-0.1, -0.05) is 84.9 Å². The smallest absolute Gasteiger partial charge is 0.123 e. The van der Waals surface area contributed by atoms with Crippen molar-refractivity contribution in [2.24, 2.45) is 0 Å². The number of rotatable bonds is 6. The first-order valence-corrected chi connectivity index (χ1v) is 11.2. The third-order valence-corrected chi connectivity index (χ3v) is 6.68. The Morgan fingerprint density at radius 1 is 0.844 bits per heavy atom. The van der Waals surface area contributed by atoms with Gasteiger partial charge in [-0.05, 0) is 52.8 Å². The monoisotopic (exact) mass is 487 g/mol. The van der Waals surface area contributed by atoms with Crippen LogP contribution in [-0.4, -0.2) is 13.2 Å². The van der Waals surface area contributed by atoms with Gasteiger partial charge in [0.15, 0.2) is 0 Å². The maximum atomic E-state index is 5.56. The fraction of sp³-hybridized carbons (Fsp3) is 0.241. The molecule has 0 spiro atoms. The van der Waals surface area contributed by atoms with Crippen molar-refractivity contribution in [2.45, 2.75) is 37.8 Å². The van der Waals surface area contributed by atoms with Crippen LogP contribution in [0, 0.1) is 0 Å². The van der Waals surface area contributed by atoms with E-state index in [9.17, 15) is 0 Å². The molecule has 0 aliphatic heterocycles. The number of aryl methyl sites for hydroxylation is 1. The van der Waals surface area contributed by atoms with Gasteiger partial charge in [0.1, 0.15) is 5.75 Å². The van der Waals surface area contributed by atoms with Gasteiger partial charge < -0.3 is 10.1 Å². The summed E-state index contributed by atoms with van der Waals surface area (Å²) in [5.41, 5.74) is 5.63. The third kappa shape index (κ3) is 4.74. The number of hydrogen-bond acceptors (Lipinski definition) is 2. The zero-order valence-corrected chi connectivity index (χ0v) is 20.2. The number of ether oxygens (including phenoxy) is 1. The minimum atomic E-state index is 0. The van der Waals surface area contributed by atoms with Crippen LogP contribution in [0.4, 0.5) is 0 Å². The largest absolute Gasteiger partial charge is 0.496 e. The number of nitrogens with one attached hydrogen (secondary N) is 1. The second-order valence-corrected chi connectivity index (χ2v) is 8.53. The molecule has 5 rings (SSSR count). The maximum Gasteiger partial charge on any atom is 0.123 e. The molecule has 0 saturated carbocycles. The Labute approximate surface area is 201 Å². The standard InChI is InChI=1S/C29H29NO.BrH/c1-31-29-13-7-5-11-25(29)20-30-28-17-16-23-9-4-6-12-26(23)27(28)19-21-14-15-22-8-2-3-10-24(22)18-21;/h2-15,18,27-28,30H,16-17,19-20H2,1H3;1H. The van der Waals surface area contributed by atoms with Crippen LogP contribution in [0.15, 0.2) is 91.0 Å². The van der Waals surface area contributed by atoms with Gasteiger partial charge in [-0.25, -0.2) is 0 Å². The first-order chi connectivity index (χ1) is 15.3. The highest BCUT2D eigenvalue weighted by molar-refractivity contribution is 8.93. The molecule has 0 radical (unpaired) electrons. The van der Waals surface area contributed by atoms with Crippen molar-refractivity contribution < 1.29 is 4.74 Å². The van der Waals surface area contributed by atoms with E-state index < -0.39 is 0 Å². The molecule has 32 heavy (non-hydrogen) atoms. The fourth-order valence-electron chi connectivity index (χ4n) is 5.06. The average molecular weight is 488 g/mol. The minimum Gasteiger partial charge on any atom is -0.496 e. The Bertz CT molecular complexity index is 1190. The van der Waals surface area contributed by atoms with E-state index in [1.165, 1.54) is 33.0 Å². The van der Waals surface area contributed by atoms with Crippen LogP contribution in [0.1, 0.15) is 34.6 Å². The van der Waals surface area contributed by atoms with Crippen LogP contribution < -0.4 is 10.1 Å². The molecule has 164 valence electrons. The van der Waals surface area contributed by atoms with Crippen LogP contribution in [0.25, 0.3) is 10.8 Å². The lowest BCUT2D eigenvalue weighted by atomic mass is 9.76. The predicted octanol–water partition coefficient (Wildman–Crippen LogP) is 6.86. The first kappa shape index (κ1) is 22.6. The van der Waals surface area contributed by atoms with Crippen molar-refractivity contribution >= 4 is 27.8 Å². The summed E-state index contributed by atoms with van der Waals surface area (Å²) < 4.78 is 5.56. The summed E-state index contributed by atoms with van der Waals surface area (Å²) in [6.45, 7) is 0.824. The number of hydrogen-bond donors (Lipinski definition) is 1. The fourth-order valence-corrected chi connectivity index (χ4v) is 5.06. The molecule has 2 nitrogen and oxygen atoms in total. The molecule has 0 bridgehead atoms. The Morgan fingerprint density at radius 2 is 1.59 bits per heavy atom. The van der Waals surface area contributed by atoms with Crippen molar-refractivity contribution in [3.8, 4) is 5.75 Å². The molecular weight excluding hydrogens is 458 g/mol. The van der Waals surface area contributed by atoms with E-state index in [0.29, 0.717) is 12.0 Å². The Kier molecular flexibility index (Phi) is 7.29. The van der Waals surface area contributed by atoms with Gasteiger partial charge in [-0.3, -0.25) is 0 Å². The predicted molar refractivity (Wildman–Crippen MR) is 139 cm³/mol. The van der Waals surface area contributed by atoms with Gasteiger partial charge in [0, 0.05) is 24.1 Å². The normalized spacial score (nSPS) is 17.4. The summed E-state index contributed by atoms with van der Waals surface area (Å²) in [6, 6.07) is 33.3. The summed E-state index contributed by atoms with van der Waals surface area (Å²) in [6.07, 6.45) is 3.34. The molecule has 0 amide bonds. The molecule has 3 heteroatoms. The molecule has 0 saturated heterocycles. The summed E-state index contributed by atoms with van der Waals surface area (Å²) >= 11 is 0. The summed E-state index contributed by atoms with van der Waals surface area (Å²) in [7, 11) is 1.75. The van der Waals surface area contributed by atoms with E-state index in [-0.39, 0.29) is 17.0 Å². The van der Waals surface area contributed by atoms with Crippen molar-refractivity contribution in [1.29, 1.82) is 0 Å². The molecular formula is C29H30BrNO. The zero-order chi connectivity index (χ0) is 21.0. The molecule has 0 aromatic heterocycles. The van der Waals surface area contributed by atoms with E-state index in [4.69, 9.17) is 4.74 Å². The number of para-hydroxylation sites is 1. The van der Waals surface area contributed by atoms with Gasteiger partial charge in [0.05, 0.1) is 7.11 Å². The van der Waals surface area contributed by atoms with E-state index in [0.717, 1.165) is 31.6 Å². The van der Waals surface area contributed by atoms with Gasteiger partial charge in [-0.15, -0.1) is 17.0 Å². The van der Waals surface area contributed by atoms with Crippen molar-refractivity contribution in [1.82, 2.24) is 5.32 Å². The Hall–Kier alpha value is -2.62. The molecule has 4 aromatic carbocycles. The van der Waals surface area contributed by atoms with E-state index in [2.05, 4.69) is 84.2 Å². The highest BCUT2D eigenvalue weighted by atomic mass is 79.9. The van der Waals surface area contributed by atoms with Crippen molar-refractivity contribution in [3.63, 3.8) is 0 Å². The van der Waals surface area contributed by atoms with Crippen LogP contribution >= 0.6 is 17.0 Å². The Balaban J connectivity index is 0.00000245. The van der Waals surface area contributed by atoms with Crippen LogP contribution in [-0.2, 0) is 19.4 Å². The van der Waals surface area contributed by atoms with Gasteiger partial charge in [0.25, 0.3) is 0 Å². The third-order valence-electron chi connectivity index (χ3n) is 6.68. The van der Waals surface area contributed by atoms with Gasteiger partial charge in [0.2, 0.25) is 0 Å². The van der Waals surface area contributed by atoms with E-state index in [1.54, 1.807) is 7.11 Å². The molecule has 2 unspecified atom stereocenters. The lowest BCUT2D eigenvalue weighted by Gasteiger charge is -2.35.